The van der Waals surface area contributed by atoms with E-state index in [1.54, 1.807) is 6.07 Å². The third-order valence-electron chi connectivity index (χ3n) is 1.99. The number of nitrogens with one attached hydrogen (secondary N) is 3. The smallest absolute Gasteiger partial charge is 0.316 e. The van der Waals surface area contributed by atoms with Crippen molar-refractivity contribution in [2.45, 2.75) is 6.04 Å². The highest BCUT2D eigenvalue weighted by atomic mass is 35.5. The summed E-state index contributed by atoms with van der Waals surface area (Å²) in [4.78, 5) is 11.5. The number of amides is 2. The number of carbonyl (C=O) groups excluding carboxylic acids is 1. The zero-order valence-corrected chi connectivity index (χ0v) is 10.1. The highest BCUT2D eigenvalue weighted by Gasteiger charge is 2.17. The molecule has 0 saturated heterocycles. The zero-order chi connectivity index (χ0) is 14.4. The molecule has 1 aromatic rings. The van der Waals surface area contributed by atoms with E-state index in [1.807, 2.05) is 5.32 Å². The average Bonchev–Trinajstić information content (AvgIpc) is 2.38. The van der Waals surface area contributed by atoms with Crippen LogP contribution >= 0.6 is 11.6 Å². The third-order valence-corrected chi connectivity index (χ3v) is 2.23. The Kier molecular flexibility index (Phi) is 4.81. The van der Waals surface area contributed by atoms with Crippen LogP contribution in [0.25, 0.3) is 0 Å². The molecule has 1 rings (SSSR count). The van der Waals surface area contributed by atoms with Crippen LogP contribution < -0.4 is 10.6 Å². The summed E-state index contributed by atoms with van der Waals surface area (Å²) < 4.78 is 13.4. The third kappa shape index (κ3) is 3.95. The van der Waals surface area contributed by atoms with Gasteiger partial charge in [-0.2, -0.15) is 10.5 Å². The van der Waals surface area contributed by atoms with E-state index in [4.69, 9.17) is 27.5 Å². The summed E-state index contributed by atoms with van der Waals surface area (Å²) in [7, 11) is 0. The van der Waals surface area contributed by atoms with Crippen LogP contribution in [0.3, 0.4) is 0 Å². The van der Waals surface area contributed by atoms with E-state index in [1.165, 1.54) is 18.2 Å². The first kappa shape index (κ1) is 14.4. The highest BCUT2D eigenvalue weighted by molar-refractivity contribution is 6.30. The van der Waals surface area contributed by atoms with Crippen molar-refractivity contribution in [1.82, 2.24) is 5.32 Å². The van der Waals surface area contributed by atoms with Crippen molar-refractivity contribution in [2.24, 2.45) is 0 Å². The number of urea groups is 1. The number of carbonyl (C=O) groups is 1. The first-order valence-corrected chi connectivity index (χ1v) is 5.26. The van der Waals surface area contributed by atoms with E-state index in [0.29, 0.717) is 0 Å². The van der Waals surface area contributed by atoms with E-state index < -0.39 is 23.6 Å². The predicted molar refractivity (Wildman–Crippen MR) is 66.3 cm³/mol. The maximum absolute atomic E-state index is 13.4. The fourth-order valence-corrected chi connectivity index (χ4v) is 1.27. The largest absolute Gasteiger partial charge is 0.320 e. The average molecular weight is 280 g/mol. The van der Waals surface area contributed by atoms with Gasteiger partial charge in [-0.1, -0.05) is 11.6 Å². The standard InChI is InChI=1S/C11H7ClFN5O/c12-6-1-2-9(7(13)3-6)17-11(19)18-10(5-15)8(16)4-14/h1-3,10,16H,(H2,17,18,19). The minimum atomic E-state index is -1.39. The summed E-state index contributed by atoms with van der Waals surface area (Å²) in [6, 6.07) is 4.32. The van der Waals surface area contributed by atoms with Crippen molar-refractivity contribution in [3.63, 3.8) is 0 Å². The molecule has 19 heavy (non-hydrogen) atoms. The summed E-state index contributed by atoms with van der Waals surface area (Å²) in [6.45, 7) is 0. The van der Waals surface area contributed by atoms with Gasteiger partial charge >= 0.3 is 6.03 Å². The van der Waals surface area contributed by atoms with Crippen LogP contribution in [0.2, 0.25) is 5.02 Å². The van der Waals surface area contributed by atoms with Crippen LogP contribution in [-0.2, 0) is 0 Å². The molecule has 8 heteroatoms. The quantitative estimate of drug-likeness (QED) is 0.736. The molecule has 0 heterocycles. The van der Waals surface area contributed by atoms with Crippen LogP contribution in [0.4, 0.5) is 14.9 Å². The molecule has 0 aliphatic heterocycles. The molecule has 1 unspecified atom stereocenters. The number of hydrogen-bond donors (Lipinski definition) is 3. The zero-order valence-electron chi connectivity index (χ0n) is 9.37. The van der Waals surface area contributed by atoms with Crippen LogP contribution in [0, 0.1) is 33.9 Å². The minimum absolute atomic E-state index is 0.137. The maximum atomic E-state index is 13.4. The molecule has 6 nitrogen and oxygen atoms in total. The normalized spacial score (nSPS) is 10.7. The van der Waals surface area contributed by atoms with E-state index in [0.717, 1.165) is 6.07 Å². The Balaban J connectivity index is 2.73. The van der Waals surface area contributed by atoms with E-state index in [-0.39, 0.29) is 10.7 Å². The number of nitrogens with zero attached hydrogens (tertiary/aromatic N) is 2. The number of nitriles is 2. The first-order valence-electron chi connectivity index (χ1n) is 4.88. The lowest BCUT2D eigenvalue weighted by molar-refractivity contribution is 0.252. The van der Waals surface area contributed by atoms with Crippen molar-refractivity contribution in [3.05, 3.63) is 29.0 Å². The molecule has 0 spiro atoms. The number of benzene rings is 1. The molecule has 1 aromatic carbocycles. The Morgan fingerprint density at radius 3 is 2.68 bits per heavy atom. The van der Waals surface area contributed by atoms with Gasteiger partial charge in [0.05, 0.1) is 11.8 Å². The molecule has 1 atom stereocenters. The Labute approximate surface area is 112 Å². The van der Waals surface area contributed by atoms with Crippen LogP contribution in [-0.4, -0.2) is 17.8 Å². The Morgan fingerprint density at radius 2 is 2.16 bits per heavy atom. The fourth-order valence-electron chi connectivity index (χ4n) is 1.11. The lowest BCUT2D eigenvalue weighted by Crippen LogP contribution is -2.41. The van der Waals surface area contributed by atoms with Gasteiger partial charge in [-0.3, -0.25) is 5.41 Å². The van der Waals surface area contributed by atoms with Gasteiger partial charge < -0.3 is 10.6 Å². The predicted octanol–water partition coefficient (Wildman–Crippen LogP) is 2.04. The summed E-state index contributed by atoms with van der Waals surface area (Å²) in [5.41, 5.74) is -0.753. The number of halogens is 2. The molecule has 3 N–H and O–H groups in total. The second-order valence-electron chi connectivity index (χ2n) is 3.31. The summed E-state index contributed by atoms with van der Waals surface area (Å²) in [5, 5.41) is 28.6. The Hall–Kier alpha value is -2.64. The molecule has 0 aliphatic rings. The molecule has 96 valence electrons. The van der Waals surface area contributed by atoms with Crippen LogP contribution in [0.15, 0.2) is 18.2 Å². The molecular formula is C11H7ClFN5O. The number of hydrogen-bond acceptors (Lipinski definition) is 4. The highest BCUT2D eigenvalue weighted by Crippen LogP contribution is 2.18. The van der Waals surface area contributed by atoms with Crippen molar-refractivity contribution in [1.29, 1.82) is 15.9 Å². The van der Waals surface area contributed by atoms with Crippen molar-refractivity contribution >= 4 is 29.0 Å². The molecule has 0 aromatic heterocycles. The van der Waals surface area contributed by atoms with Crippen LogP contribution in [0.1, 0.15) is 0 Å². The van der Waals surface area contributed by atoms with Gasteiger partial charge in [-0.15, -0.1) is 0 Å². The van der Waals surface area contributed by atoms with Gasteiger partial charge in [0, 0.05) is 5.02 Å². The monoisotopic (exact) mass is 279 g/mol. The first-order chi connectivity index (χ1) is 8.97. The molecule has 0 aliphatic carbocycles. The lowest BCUT2D eigenvalue weighted by atomic mass is 10.2. The fraction of sp³-hybridized carbons (Fsp3) is 0.0909. The Morgan fingerprint density at radius 1 is 1.47 bits per heavy atom. The van der Waals surface area contributed by atoms with E-state index in [9.17, 15) is 9.18 Å². The van der Waals surface area contributed by atoms with Crippen molar-refractivity contribution in [3.8, 4) is 12.1 Å². The molecule has 0 saturated carbocycles. The van der Waals surface area contributed by atoms with Crippen molar-refractivity contribution in [2.75, 3.05) is 5.32 Å². The second kappa shape index (κ2) is 6.34. The van der Waals surface area contributed by atoms with Gasteiger partial charge in [-0.25, -0.2) is 9.18 Å². The molecule has 2 amide bonds. The van der Waals surface area contributed by atoms with Gasteiger partial charge in [0.15, 0.2) is 6.04 Å². The molecule has 0 bridgehead atoms. The van der Waals surface area contributed by atoms with Gasteiger partial charge in [0.2, 0.25) is 0 Å². The Bertz CT molecular complexity index is 604. The summed E-state index contributed by atoms with van der Waals surface area (Å²) in [5.74, 6) is -0.744. The maximum Gasteiger partial charge on any atom is 0.320 e. The van der Waals surface area contributed by atoms with Gasteiger partial charge in [0.1, 0.15) is 17.6 Å². The van der Waals surface area contributed by atoms with E-state index in [2.05, 4.69) is 5.32 Å². The van der Waals surface area contributed by atoms with Crippen molar-refractivity contribution < 1.29 is 9.18 Å². The minimum Gasteiger partial charge on any atom is -0.316 e. The van der Waals surface area contributed by atoms with E-state index >= 15 is 0 Å². The SMILES string of the molecule is N#CC(=N)C(C#N)NC(=O)Nc1ccc(Cl)cc1F. The van der Waals surface area contributed by atoms with Gasteiger partial charge in [-0.05, 0) is 18.2 Å². The van der Waals surface area contributed by atoms with Crippen LogP contribution in [0.5, 0.6) is 0 Å². The lowest BCUT2D eigenvalue weighted by Gasteiger charge is -2.10. The molecule has 0 fully saturated rings. The molecular weight excluding hydrogens is 273 g/mol. The topological polar surface area (TPSA) is 113 Å². The number of anilines is 1. The number of rotatable bonds is 3. The summed E-state index contributed by atoms with van der Waals surface area (Å²) in [6.07, 6.45) is 0. The van der Waals surface area contributed by atoms with Gasteiger partial charge in [0.25, 0.3) is 0 Å². The summed E-state index contributed by atoms with van der Waals surface area (Å²) >= 11 is 5.55. The second-order valence-corrected chi connectivity index (χ2v) is 3.75. The molecule has 0 radical (unpaired) electrons.